The van der Waals surface area contributed by atoms with Crippen LogP contribution >= 0.6 is 11.6 Å². The molecule has 9 heteroatoms. The van der Waals surface area contributed by atoms with Gasteiger partial charge in [0, 0.05) is 30.9 Å². The molecule has 0 bridgehead atoms. The van der Waals surface area contributed by atoms with E-state index in [-0.39, 0.29) is 11.6 Å². The summed E-state index contributed by atoms with van der Waals surface area (Å²) in [4.78, 5) is 28.6. The van der Waals surface area contributed by atoms with Gasteiger partial charge in [-0.25, -0.2) is 0 Å². The van der Waals surface area contributed by atoms with Crippen molar-refractivity contribution in [3.05, 3.63) is 58.9 Å². The molecule has 1 aromatic heterocycles. The van der Waals surface area contributed by atoms with Gasteiger partial charge in [-0.1, -0.05) is 11.6 Å². The number of amides is 2. The summed E-state index contributed by atoms with van der Waals surface area (Å²) in [5.41, 5.74) is -0.735. The smallest absolute Gasteiger partial charge is 0.350 e. The predicted molar refractivity (Wildman–Crippen MR) is 90.6 cm³/mol. The average Bonchev–Trinajstić information content (AvgIpc) is 2.58. The molecule has 0 aliphatic carbocycles. The first-order chi connectivity index (χ1) is 12.2. The van der Waals surface area contributed by atoms with Crippen molar-refractivity contribution in [1.82, 2.24) is 10.3 Å². The van der Waals surface area contributed by atoms with Crippen LogP contribution < -0.4 is 10.2 Å². The number of aromatic nitrogens is 1. The summed E-state index contributed by atoms with van der Waals surface area (Å²) in [6.07, 6.45) is -1.62. The van der Waals surface area contributed by atoms with Crippen LogP contribution in [0.3, 0.4) is 0 Å². The Morgan fingerprint density at radius 1 is 1.19 bits per heavy atom. The minimum Gasteiger partial charge on any atom is -0.350 e. The van der Waals surface area contributed by atoms with Crippen LogP contribution in [0.15, 0.2) is 42.7 Å². The molecule has 0 saturated heterocycles. The third kappa shape index (κ3) is 5.19. The fraction of sp³-hybridized carbons (Fsp3) is 0.235. The highest BCUT2D eigenvalue weighted by atomic mass is 35.5. The zero-order chi connectivity index (χ0) is 19.3. The van der Waals surface area contributed by atoms with E-state index in [4.69, 9.17) is 11.6 Å². The molecule has 0 saturated carbocycles. The molecule has 138 valence electrons. The maximum Gasteiger partial charge on any atom is 0.418 e. The lowest BCUT2D eigenvalue weighted by molar-refractivity contribution is -0.137. The largest absolute Gasteiger partial charge is 0.418 e. The Labute approximate surface area is 152 Å². The third-order valence-electron chi connectivity index (χ3n) is 3.48. The fourth-order valence-electron chi connectivity index (χ4n) is 2.24. The van der Waals surface area contributed by atoms with Gasteiger partial charge in [-0.2, -0.15) is 13.2 Å². The summed E-state index contributed by atoms with van der Waals surface area (Å²) in [7, 11) is 0. The first kappa shape index (κ1) is 19.7. The van der Waals surface area contributed by atoms with Crippen LogP contribution in [0.25, 0.3) is 0 Å². The molecule has 2 amide bonds. The van der Waals surface area contributed by atoms with Crippen molar-refractivity contribution in [1.29, 1.82) is 0 Å². The maximum atomic E-state index is 13.3. The SMILES string of the molecule is CC(=O)N(CC(=O)NCc1ccncc1)c1ccc(Cl)cc1C(F)(F)F. The number of halogens is 4. The van der Waals surface area contributed by atoms with Crippen LogP contribution in [-0.4, -0.2) is 23.3 Å². The fourth-order valence-corrected chi connectivity index (χ4v) is 2.41. The summed E-state index contributed by atoms with van der Waals surface area (Å²) >= 11 is 5.64. The van der Waals surface area contributed by atoms with Crippen LogP contribution in [0, 0.1) is 0 Å². The van der Waals surface area contributed by atoms with Gasteiger partial charge in [-0.05, 0) is 35.9 Å². The Hall–Kier alpha value is -2.61. The summed E-state index contributed by atoms with van der Waals surface area (Å²) in [5.74, 6) is -1.29. The molecule has 0 unspecified atom stereocenters. The number of carbonyl (C=O) groups excluding carboxylic acids is 2. The van der Waals surface area contributed by atoms with Gasteiger partial charge < -0.3 is 10.2 Å². The van der Waals surface area contributed by atoms with Crippen molar-refractivity contribution in [2.75, 3.05) is 11.4 Å². The standard InChI is InChI=1S/C17H15ClF3N3O2/c1-11(25)24(10-16(26)23-9-12-4-6-22-7-5-12)15-3-2-13(18)8-14(15)17(19,20)21/h2-8H,9-10H2,1H3,(H,23,26). The van der Waals surface area contributed by atoms with Gasteiger partial charge in [-0.15, -0.1) is 0 Å². The van der Waals surface area contributed by atoms with Crippen molar-refractivity contribution in [3.63, 3.8) is 0 Å². The molecule has 5 nitrogen and oxygen atoms in total. The molecule has 1 heterocycles. The molecule has 0 radical (unpaired) electrons. The zero-order valence-corrected chi connectivity index (χ0v) is 14.4. The molecule has 2 aromatic rings. The number of anilines is 1. The number of carbonyl (C=O) groups is 2. The number of nitrogens with zero attached hydrogens (tertiary/aromatic N) is 2. The Balaban J connectivity index is 2.19. The second-order valence-corrected chi connectivity index (χ2v) is 5.83. The Bertz CT molecular complexity index is 798. The normalized spacial score (nSPS) is 11.1. The van der Waals surface area contributed by atoms with Crippen LogP contribution in [0.2, 0.25) is 5.02 Å². The molecule has 1 aromatic carbocycles. The van der Waals surface area contributed by atoms with E-state index in [0.29, 0.717) is 0 Å². The van der Waals surface area contributed by atoms with Gasteiger partial charge >= 0.3 is 6.18 Å². The number of hydrogen-bond acceptors (Lipinski definition) is 3. The highest BCUT2D eigenvalue weighted by Crippen LogP contribution is 2.38. The monoisotopic (exact) mass is 385 g/mol. The first-order valence-corrected chi connectivity index (χ1v) is 7.86. The third-order valence-corrected chi connectivity index (χ3v) is 3.71. The molecular weight excluding hydrogens is 371 g/mol. The molecule has 0 fully saturated rings. The highest BCUT2D eigenvalue weighted by molar-refractivity contribution is 6.30. The Kier molecular flexibility index (Phi) is 6.20. The molecule has 0 aliphatic rings. The van der Waals surface area contributed by atoms with Crippen molar-refractivity contribution >= 4 is 29.1 Å². The second kappa shape index (κ2) is 8.18. The number of pyridine rings is 1. The number of benzene rings is 1. The van der Waals surface area contributed by atoms with Gasteiger partial charge in [0.1, 0.15) is 6.54 Å². The summed E-state index contributed by atoms with van der Waals surface area (Å²) in [6, 6.07) is 6.40. The lowest BCUT2D eigenvalue weighted by atomic mass is 10.1. The quantitative estimate of drug-likeness (QED) is 0.857. The number of nitrogens with one attached hydrogen (secondary N) is 1. The number of alkyl halides is 3. The van der Waals surface area contributed by atoms with E-state index in [1.165, 1.54) is 6.07 Å². The molecule has 26 heavy (non-hydrogen) atoms. The lowest BCUT2D eigenvalue weighted by Crippen LogP contribution is -2.40. The van der Waals surface area contributed by atoms with Gasteiger partial charge in [0.2, 0.25) is 11.8 Å². The Morgan fingerprint density at radius 3 is 2.42 bits per heavy atom. The van der Waals surface area contributed by atoms with Gasteiger partial charge in [0.05, 0.1) is 11.3 Å². The minimum absolute atomic E-state index is 0.119. The van der Waals surface area contributed by atoms with Gasteiger partial charge in [0.15, 0.2) is 0 Å². The van der Waals surface area contributed by atoms with E-state index in [1.54, 1.807) is 24.5 Å². The molecular formula is C17H15ClF3N3O2. The van der Waals surface area contributed by atoms with Gasteiger partial charge in [-0.3, -0.25) is 14.6 Å². The van der Waals surface area contributed by atoms with Crippen LogP contribution in [0.4, 0.5) is 18.9 Å². The van der Waals surface area contributed by atoms with E-state index in [2.05, 4.69) is 10.3 Å². The van der Waals surface area contributed by atoms with E-state index in [0.717, 1.165) is 29.5 Å². The van der Waals surface area contributed by atoms with Crippen molar-refractivity contribution in [2.24, 2.45) is 0 Å². The van der Waals surface area contributed by atoms with E-state index >= 15 is 0 Å². The van der Waals surface area contributed by atoms with Gasteiger partial charge in [0.25, 0.3) is 0 Å². The molecule has 0 atom stereocenters. The topological polar surface area (TPSA) is 62.3 Å². The number of rotatable bonds is 5. The first-order valence-electron chi connectivity index (χ1n) is 7.49. The predicted octanol–water partition coefficient (Wildman–Crippen LogP) is 3.42. The Morgan fingerprint density at radius 2 is 1.85 bits per heavy atom. The summed E-state index contributed by atoms with van der Waals surface area (Å²) in [5, 5.41) is 2.44. The van der Waals surface area contributed by atoms with E-state index in [1.807, 2.05) is 0 Å². The summed E-state index contributed by atoms with van der Waals surface area (Å²) in [6.45, 7) is 0.704. The molecule has 0 spiro atoms. The second-order valence-electron chi connectivity index (χ2n) is 5.40. The van der Waals surface area contributed by atoms with Crippen molar-refractivity contribution in [2.45, 2.75) is 19.6 Å². The van der Waals surface area contributed by atoms with Crippen LogP contribution in [-0.2, 0) is 22.3 Å². The van der Waals surface area contributed by atoms with Crippen LogP contribution in [0.1, 0.15) is 18.1 Å². The summed E-state index contributed by atoms with van der Waals surface area (Å²) < 4.78 is 39.8. The van der Waals surface area contributed by atoms with Crippen molar-refractivity contribution in [3.8, 4) is 0 Å². The molecule has 0 aliphatic heterocycles. The lowest BCUT2D eigenvalue weighted by Gasteiger charge is -2.24. The highest BCUT2D eigenvalue weighted by Gasteiger charge is 2.36. The number of hydrogen-bond donors (Lipinski definition) is 1. The molecule has 2 rings (SSSR count). The minimum atomic E-state index is -4.72. The van der Waals surface area contributed by atoms with E-state index in [9.17, 15) is 22.8 Å². The molecule has 1 N–H and O–H groups in total. The maximum absolute atomic E-state index is 13.3. The van der Waals surface area contributed by atoms with E-state index < -0.39 is 35.8 Å². The average molecular weight is 386 g/mol. The van der Waals surface area contributed by atoms with Crippen molar-refractivity contribution < 1.29 is 22.8 Å². The zero-order valence-electron chi connectivity index (χ0n) is 13.7. The van der Waals surface area contributed by atoms with Crippen LogP contribution in [0.5, 0.6) is 0 Å².